The second kappa shape index (κ2) is 4.93. The van der Waals surface area contributed by atoms with Crippen LogP contribution in [0.25, 0.3) is 10.9 Å². The summed E-state index contributed by atoms with van der Waals surface area (Å²) in [6, 6.07) is 5.21. The van der Waals surface area contributed by atoms with E-state index in [-0.39, 0.29) is 11.6 Å². The van der Waals surface area contributed by atoms with Crippen molar-refractivity contribution in [1.82, 2.24) is 4.57 Å². The Hall–Kier alpha value is -2.01. The average molecular weight is 281 g/mol. The van der Waals surface area contributed by atoms with E-state index in [0.717, 1.165) is 5.52 Å². The van der Waals surface area contributed by atoms with Crippen LogP contribution < -0.4 is 5.32 Å². The SMILES string of the molecule is COC(=O)c1c(NC(C)=O)c2cc(Cl)ccc2n1C. The predicted octanol–water partition coefficient (Wildman–Crippen LogP) is 2.58. The number of methoxy groups -OCH3 is 1. The van der Waals surface area contributed by atoms with Gasteiger partial charge in [-0.1, -0.05) is 11.6 Å². The zero-order chi connectivity index (χ0) is 14.2. The van der Waals surface area contributed by atoms with Gasteiger partial charge in [0.05, 0.1) is 18.3 Å². The molecule has 0 aliphatic heterocycles. The van der Waals surface area contributed by atoms with Gasteiger partial charge in [-0.05, 0) is 18.2 Å². The molecule has 6 heteroatoms. The van der Waals surface area contributed by atoms with Crippen LogP contribution in [0.2, 0.25) is 5.02 Å². The number of benzene rings is 1. The van der Waals surface area contributed by atoms with Crippen LogP contribution in [0.4, 0.5) is 5.69 Å². The molecule has 1 amide bonds. The van der Waals surface area contributed by atoms with E-state index in [1.54, 1.807) is 29.8 Å². The van der Waals surface area contributed by atoms with E-state index in [4.69, 9.17) is 16.3 Å². The van der Waals surface area contributed by atoms with Crippen molar-refractivity contribution in [3.63, 3.8) is 0 Å². The molecule has 0 saturated heterocycles. The highest BCUT2D eigenvalue weighted by atomic mass is 35.5. The lowest BCUT2D eigenvalue weighted by Crippen LogP contribution is -2.13. The van der Waals surface area contributed by atoms with Crippen LogP contribution in [-0.2, 0) is 16.6 Å². The Kier molecular flexibility index (Phi) is 3.48. The van der Waals surface area contributed by atoms with Crippen LogP contribution in [0.15, 0.2) is 18.2 Å². The number of anilines is 1. The van der Waals surface area contributed by atoms with Gasteiger partial charge in [-0.3, -0.25) is 4.79 Å². The van der Waals surface area contributed by atoms with Gasteiger partial charge in [-0.25, -0.2) is 4.79 Å². The number of amides is 1. The largest absolute Gasteiger partial charge is 0.464 e. The lowest BCUT2D eigenvalue weighted by atomic mass is 10.2. The molecule has 0 saturated carbocycles. The maximum Gasteiger partial charge on any atom is 0.356 e. The molecule has 1 aromatic heterocycles. The van der Waals surface area contributed by atoms with Crippen molar-refractivity contribution in [3.8, 4) is 0 Å². The molecule has 1 N–H and O–H groups in total. The van der Waals surface area contributed by atoms with E-state index in [0.29, 0.717) is 16.1 Å². The van der Waals surface area contributed by atoms with Gasteiger partial charge >= 0.3 is 5.97 Å². The number of carbonyl (C=O) groups is 2. The van der Waals surface area contributed by atoms with Crippen molar-refractivity contribution < 1.29 is 14.3 Å². The van der Waals surface area contributed by atoms with Gasteiger partial charge in [0, 0.05) is 24.4 Å². The number of hydrogen-bond acceptors (Lipinski definition) is 3. The molecule has 0 bridgehead atoms. The van der Waals surface area contributed by atoms with Crippen LogP contribution in [0, 0.1) is 0 Å². The number of hydrogen-bond donors (Lipinski definition) is 1. The Morgan fingerprint density at radius 1 is 1.37 bits per heavy atom. The van der Waals surface area contributed by atoms with Crippen molar-refractivity contribution in [2.75, 3.05) is 12.4 Å². The Bertz CT molecular complexity index is 676. The number of carbonyl (C=O) groups excluding carboxylic acids is 2. The third kappa shape index (κ3) is 2.29. The molecule has 1 aromatic carbocycles. The molecule has 0 aliphatic rings. The van der Waals surface area contributed by atoms with Crippen molar-refractivity contribution in [2.24, 2.45) is 7.05 Å². The van der Waals surface area contributed by atoms with Gasteiger partial charge < -0.3 is 14.6 Å². The normalized spacial score (nSPS) is 10.5. The predicted molar refractivity (Wildman–Crippen MR) is 73.6 cm³/mol. The second-order valence-corrected chi connectivity index (χ2v) is 4.55. The van der Waals surface area contributed by atoms with E-state index in [9.17, 15) is 9.59 Å². The summed E-state index contributed by atoms with van der Waals surface area (Å²) in [4.78, 5) is 23.2. The Morgan fingerprint density at radius 3 is 2.63 bits per heavy atom. The summed E-state index contributed by atoms with van der Waals surface area (Å²) in [5.74, 6) is -0.781. The number of halogens is 1. The highest BCUT2D eigenvalue weighted by Gasteiger charge is 2.22. The van der Waals surface area contributed by atoms with Crippen LogP contribution in [-0.4, -0.2) is 23.6 Å². The summed E-state index contributed by atoms with van der Waals surface area (Å²) < 4.78 is 6.42. The van der Waals surface area contributed by atoms with E-state index in [1.165, 1.54) is 14.0 Å². The summed E-state index contributed by atoms with van der Waals surface area (Å²) in [7, 11) is 3.03. The van der Waals surface area contributed by atoms with Crippen molar-refractivity contribution >= 4 is 40.1 Å². The number of fused-ring (bicyclic) bond motifs is 1. The second-order valence-electron chi connectivity index (χ2n) is 4.12. The van der Waals surface area contributed by atoms with Gasteiger partial charge in [-0.2, -0.15) is 0 Å². The minimum Gasteiger partial charge on any atom is -0.464 e. The molecule has 1 heterocycles. The first kappa shape index (κ1) is 13.4. The highest BCUT2D eigenvalue weighted by Crippen LogP contribution is 2.32. The Balaban J connectivity index is 2.80. The number of aryl methyl sites for hydroxylation is 1. The molecule has 0 spiro atoms. The Labute approximate surface area is 115 Å². The number of esters is 1. The van der Waals surface area contributed by atoms with Gasteiger partial charge in [0.25, 0.3) is 0 Å². The summed E-state index contributed by atoms with van der Waals surface area (Å²) in [5.41, 5.74) is 1.49. The molecule has 0 radical (unpaired) electrons. The lowest BCUT2D eigenvalue weighted by molar-refractivity contribution is -0.114. The van der Waals surface area contributed by atoms with Crippen LogP contribution in [0.3, 0.4) is 0 Å². The first-order chi connectivity index (χ1) is 8.95. The molecule has 0 aliphatic carbocycles. The number of ether oxygens (including phenoxy) is 1. The fourth-order valence-corrected chi connectivity index (χ4v) is 2.23. The number of nitrogens with zero attached hydrogens (tertiary/aromatic N) is 1. The first-order valence-corrected chi connectivity index (χ1v) is 5.97. The molecular weight excluding hydrogens is 268 g/mol. The third-order valence-corrected chi connectivity index (χ3v) is 3.08. The van der Waals surface area contributed by atoms with E-state index >= 15 is 0 Å². The molecule has 0 fully saturated rings. The first-order valence-electron chi connectivity index (χ1n) is 5.59. The Morgan fingerprint density at radius 2 is 2.05 bits per heavy atom. The monoisotopic (exact) mass is 280 g/mol. The van der Waals surface area contributed by atoms with Gasteiger partial charge in [0.15, 0.2) is 5.69 Å². The van der Waals surface area contributed by atoms with Crippen molar-refractivity contribution in [3.05, 3.63) is 28.9 Å². The van der Waals surface area contributed by atoms with Crippen molar-refractivity contribution in [2.45, 2.75) is 6.92 Å². The minimum absolute atomic E-state index is 0.266. The maximum absolute atomic E-state index is 11.9. The third-order valence-electron chi connectivity index (χ3n) is 2.84. The van der Waals surface area contributed by atoms with E-state index < -0.39 is 5.97 Å². The van der Waals surface area contributed by atoms with Gasteiger partial charge in [-0.15, -0.1) is 0 Å². The minimum atomic E-state index is -0.515. The molecular formula is C13H13ClN2O3. The molecule has 2 rings (SSSR count). The fourth-order valence-electron chi connectivity index (χ4n) is 2.05. The average Bonchev–Trinajstić information content (AvgIpc) is 2.61. The van der Waals surface area contributed by atoms with E-state index in [2.05, 4.69) is 5.32 Å². The zero-order valence-electron chi connectivity index (χ0n) is 10.8. The zero-order valence-corrected chi connectivity index (χ0v) is 11.5. The van der Waals surface area contributed by atoms with Crippen molar-refractivity contribution in [1.29, 1.82) is 0 Å². The number of rotatable bonds is 2. The summed E-state index contributed by atoms with van der Waals surface area (Å²) in [5, 5.41) is 3.89. The molecule has 19 heavy (non-hydrogen) atoms. The summed E-state index contributed by atoms with van der Waals surface area (Å²) in [6.07, 6.45) is 0. The maximum atomic E-state index is 11.9. The molecule has 2 aromatic rings. The standard InChI is InChI=1S/C13H13ClN2O3/c1-7(17)15-11-9-6-8(14)4-5-10(9)16(2)12(11)13(18)19-3/h4-6H,1-3H3,(H,15,17). The molecule has 5 nitrogen and oxygen atoms in total. The quantitative estimate of drug-likeness (QED) is 0.860. The molecule has 0 unspecified atom stereocenters. The van der Waals surface area contributed by atoms with Crippen LogP contribution >= 0.6 is 11.6 Å². The number of aromatic nitrogens is 1. The van der Waals surface area contributed by atoms with Crippen LogP contribution in [0.1, 0.15) is 17.4 Å². The summed E-state index contributed by atoms with van der Waals surface area (Å²) in [6.45, 7) is 1.38. The fraction of sp³-hybridized carbons (Fsp3) is 0.231. The van der Waals surface area contributed by atoms with Crippen LogP contribution in [0.5, 0.6) is 0 Å². The molecule has 0 atom stereocenters. The van der Waals surface area contributed by atoms with Gasteiger partial charge in [0.2, 0.25) is 5.91 Å². The topological polar surface area (TPSA) is 60.3 Å². The highest BCUT2D eigenvalue weighted by molar-refractivity contribution is 6.31. The lowest BCUT2D eigenvalue weighted by Gasteiger charge is -2.05. The number of nitrogens with one attached hydrogen (secondary N) is 1. The van der Waals surface area contributed by atoms with E-state index in [1.807, 2.05) is 0 Å². The van der Waals surface area contributed by atoms with Gasteiger partial charge in [0.1, 0.15) is 0 Å². The summed E-state index contributed by atoms with van der Waals surface area (Å²) >= 11 is 5.96. The molecule has 100 valence electrons. The smallest absolute Gasteiger partial charge is 0.356 e.